The normalized spacial score (nSPS) is 14.0. The molecule has 2 heterocycles. The number of amides is 1. The second kappa shape index (κ2) is 13.5. The Morgan fingerprint density at radius 2 is 1.64 bits per heavy atom. The number of aromatic nitrogens is 2. The average Bonchev–Trinajstić information content (AvgIpc) is 3.36. The molecule has 1 saturated heterocycles. The summed E-state index contributed by atoms with van der Waals surface area (Å²) in [5.41, 5.74) is 2.42. The number of benzene rings is 3. The molecule has 1 fully saturated rings. The average molecular weight is 615 g/mol. The number of hydrogen-bond donors (Lipinski definition) is 1. The van der Waals surface area contributed by atoms with Gasteiger partial charge in [0.25, 0.3) is 0 Å². The Labute approximate surface area is 262 Å². The first-order chi connectivity index (χ1) is 21.1. The molecule has 1 aliphatic rings. The summed E-state index contributed by atoms with van der Waals surface area (Å²) in [6.45, 7) is 7.07. The standard InChI is InChI=1S/C34H38N4O5S/c1-34(2,3)43-33(40)37-18-16-27(17-19-37)42-26-13-11-25(12-14-26)41-22-31-36-28-20-24(32(35)44-4)10-15-29(28)38(31)21-30(39)23-8-6-5-7-9-23/h5-15,20,27,35H,16-19,21-22H2,1-4H3. The maximum absolute atomic E-state index is 13.1. The molecule has 1 aliphatic heterocycles. The summed E-state index contributed by atoms with van der Waals surface area (Å²) >= 11 is 1.37. The molecule has 230 valence electrons. The smallest absolute Gasteiger partial charge is 0.410 e. The van der Waals surface area contributed by atoms with Crippen molar-refractivity contribution in [2.24, 2.45) is 0 Å². The highest BCUT2D eigenvalue weighted by Crippen LogP contribution is 2.25. The molecular formula is C34H38N4O5S. The number of likely N-dealkylation sites (tertiary alicyclic amines) is 1. The molecule has 1 aromatic heterocycles. The lowest BCUT2D eigenvalue weighted by atomic mass is 10.1. The number of ether oxygens (including phenoxy) is 3. The third-order valence-electron chi connectivity index (χ3n) is 7.28. The van der Waals surface area contributed by atoms with Gasteiger partial charge in [0.1, 0.15) is 35.6 Å². The van der Waals surface area contributed by atoms with Gasteiger partial charge in [0.2, 0.25) is 0 Å². The van der Waals surface area contributed by atoms with Gasteiger partial charge in [0, 0.05) is 37.1 Å². The summed E-state index contributed by atoms with van der Waals surface area (Å²) in [4.78, 5) is 32.0. The van der Waals surface area contributed by atoms with Crippen molar-refractivity contribution in [1.82, 2.24) is 14.5 Å². The molecule has 0 radical (unpaired) electrons. The number of Topliss-reactive ketones (excluding diaryl/α,β-unsaturated/α-hetero) is 1. The van der Waals surface area contributed by atoms with E-state index in [4.69, 9.17) is 24.6 Å². The van der Waals surface area contributed by atoms with Gasteiger partial charge in [-0.25, -0.2) is 9.78 Å². The van der Waals surface area contributed by atoms with Gasteiger partial charge in [0.05, 0.1) is 22.6 Å². The van der Waals surface area contributed by atoms with Crippen LogP contribution >= 0.6 is 11.8 Å². The van der Waals surface area contributed by atoms with Crippen LogP contribution < -0.4 is 9.47 Å². The van der Waals surface area contributed by atoms with Crippen LogP contribution in [0.4, 0.5) is 4.79 Å². The lowest BCUT2D eigenvalue weighted by molar-refractivity contribution is 0.0126. The maximum atomic E-state index is 13.1. The topological polar surface area (TPSA) is 107 Å². The van der Waals surface area contributed by atoms with Gasteiger partial charge in [-0.15, -0.1) is 11.8 Å². The third-order valence-corrected chi connectivity index (χ3v) is 7.92. The van der Waals surface area contributed by atoms with Gasteiger partial charge in [-0.05, 0) is 63.4 Å². The minimum Gasteiger partial charge on any atom is -0.490 e. The summed E-state index contributed by atoms with van der Waals surface area (Å²) in [5.74, 6) is 1.98. The fraction of sp³-hybridized carbons (Fsp3) is 0.353. The van der Waals surface area contributed by atoms with E-state index in [-0.39, 0.29) is 31.1 Å². The van der Waals surface area contributed by atoms with E-state index in [0.717, 1.165) is 29.7 Å². The van der Waals surface area contributed by atoms with Crippen LogP contribution in [-0.2, 0) is 17.9 Å². The number of fused-ring (bicyclic) bond motifs is 1. The molecule has 3 aromatic carbocycles. The number of nitrogens with one attached hydrogen (secondary N) is 1. The molecule has 0 unspecified atom stereocenters. The fourth-order valence-corrected chi connectivity index (χ4v) is 5.38. The first-order valence-corrected chi connectivity index (χ1v) is 15.9. The predicted molar refractivity (Wildman–Crippen MR) is 173 cm³/mol. The highest BCUT2D eigenvalue weighted by Gasteiger charge is 2.27. The number of imidazole rings is 1. The lowest BCUT2D eigenvalue weighted by Crippen LogP contribution is -2.44. The van der Waals surface area contributed by atoms with Gasteiger partial charge in [-0.2, -0.15) is 0 Å². The van der Waals surface area contributed by atoms with Crippen molar-refractivity contribution in [1.29, 1.82) is 5.41 Å². The van der Waals surface area contributed by atoms with Crippen molar-refractivity contribution in [2.75, 3.05) is 19.3 Å². The number of thioether (sulfide) groups is 1. The van der Waals surface area contributed by atoms with Crippen LogP contribution in [0.2, 0.25) is 0 Å². The van der Waals surface area contributed by atoms with Gasteiger partial charge in [0.15, 0.2) is 5.78 Å². The molecule has 0 spiro atoms. The Balaban J connectivity index is 1.24. The van der Waals surface area contributed by atoms with Crippen LogP contribution in [0.5, 0.6) is 11.5 Å². The minimum atomic E-state index is -0.511. The van der Waals surface area contributed by atoms with Crippen LogP contribution in [0.25, 0.3) is 11.0 Å². The summed E-state index contributed by atoms with van der Waals surface area (Å²) in [6.07, 6.45) is 3.06. The molecule has 5 rings (SSSR count). The van der Waals surface area contributed by atoms with E-state index in [1.807, 2.05) is 104 Å². The Bertz CT molecular complexity index is 1620. The second-order valence-corrected chi connectivity index (χ2v) is 12.5. The summed E-state index contributed by atoms with van der Waals surface area (Å²) in [5, 5.41) is 8.66. The number of carbonyl (C=O) groups excluding carboxylic acids is 2. The van der Waals surface area contributed by atoms with Crippen LogP contribution in [0.3, 0.4) is 0 Å². The zero-order valence-electron chi connectivity index (χ0n) is 25.5. The second-order valence-electron chi connectivity index (χ2n) is 11.7. The van der Waals surface area contributed by atoms with Crippen LogP contribution in [0, 0.1) is 5.41 Å². The SMILES string of the molecule is CSC(=N)c1ccc2c(c1)nc(COc1ccc(OC3CCN(C(=O)OC(C)(C)C)CC3)cc1)n2CC(=O)c1ccccc1. The lowest BCUT2D eigenvalue weighted by Gasteiger charge is -2.33. The Hall–Kier alpha value is -4.31. The zero-order chi connectivity index (χ0) is 31.3. The summed E-state index contributed by atoms with van der Waals surface area (Å²) in [6, 6.07) is 22.3. The van der Waals surface area contributed by atoms with Gasteiger partial charge >= 0.3 is 6.09 Å². The van der Waals surface area contributed by atoms with Crippen molar-refractivity contribution >= 4 is 39.7 Å². The van der Waals surface area contributed by atoms with Gasteiger partial charge in [-0.3, -0.25) is 10.2 Å². The zero-order valence-corrected chi connectivity index (χ0v) is 26.4. The molecule has 1 amide bonds. The van der Waals surface area contributed by atoms with Crippen LogP contribution in [-0.4, -0.2) is 62.4 Å². The molecule has 10 heteroatoms. The molecule has 0 atom stereocenters. The maximum Gasteiger partial charge on any atom is 0.410 e. The summed E-state index contributed by atoms with van der Waals surface area (Å²) < 4.78 is 19.7. The molecule has 0 bridgehead atoms. The van der Waals surface area contributed by atoms with Gasteiger partial charge < -0.3 is 23.7 Å². The minimum absolute atomic E-state index is 0.0139. The number of ketones is 1. The molecule has 4 aromatic rings. The number of rotatable bonds is 9. The molecule has 1 N–H and O–H groups in total. The van der Waals surface area contributed by atoms with E-state index < -0.39 is 5.60 Å². The van der Waals surface area contributed by atoms with Gasteiger partial charge in [-0.1, -0.05) is 36.4 Å². The van der Waals surface area contributed by atoms with E-state index >= 15 is 0 Å². The molecule has 0 aliphatic carbocycles. The van der Waals surface area contributed by atoms with E-state index in [0.29, 0.717) is 40.8 Å². The van der Waals surface area contributed by atoms with Crippen molar-refractivity contribution in [3.63, 3.8) is 0 Å². The largest absolute Gasteiger partial charge is 0.490 e. The molecule has 9 nitrogen and oxygen atoms in total. The Morgan fingerprint density at radius 1 is 0.955 bits per heavy atom. The number of hydrogen-bond acceptors (Lipinski definition) is 8. The molecular weight excluding hydrogens is 576 g/mol. The quantitative estimate of drug-likeness (QED) is 0.123. The first kappa shape index (κ1) is 31.1. The highest BCUT2D eigenvalue weighted by atomic mass is 32.2. The Morgan fingerprint density at radius 3 is 2.30 bits per heavy atom. The highest BCUT2D eigenvalue weighted by molar-refractivity contribution is 8.13. The number of carbonyl (C=O) groups is 2. The monoisotopic (exact) mass is 614 g/mol. The van der Waals surface area contributed by atoms with E-state index in [1.165, 1.54) is 11.8 Å². The van der Waals surface area contributed by atoms with Crippen molar-refractivity contribution in [3.05, 3.63) is 89.7 Å². The van der Waals surface area contributed by atoms with Crippen molar-refractivity contribution < 1.29 is 23.8 Å². The number of piperidine rings is 1. The van der Waals surface area contributed by atoms with E-state index in [9.17, 15) is 9.59 Å². The number of nitrogens with zero attached hydrogens (tertiary/aromatic N) is 3. The Kier molecular flexibility index (Phi) is 9.58. The first-order valence-electron chi connectivity index (χ1n) is 14.7. The summed E-state index contributed by atoms with van der Waals surface area (Å²) in [7, 11) is 0. The van der Waals surface area contributed by atoms with Crippen molar-refractivity contribution in [2.45, 2.75) is 58.5 Å². The van der Waals surface area contributed by atoms with Crippen LogP contribution in [0.1, 0.15) is 55.4 Å². The molecule has 0 saturated carbocycles. The fourth-order valence-electron chi connectivity index (χ4n) is 5.02. The van der Waals surface area contributed by atoms with Crippen molar-refractivity contribution in [3.8, 4) is 11.5 Å². The van der Waals surface area contributed by atoms with Crippen LogP contribution in [0.15, 0.2) is 72.8 Å². The van der Waals surface area contributed by atoms with E-state index in [1.54, 1.807) is 4.90 Å². The predicted octanol–water partition coefficient (Wildman–Crippen LogP) is 6.96. The molecule has 44 heavy (non-hydrogen) atoms. The van der Waals surface area contributed by atoms with E-state index in [2.05, 4.69) is 0 Å². The third kappa shape index (κ3) is 7.79.